The Morgan fingerprint density at radius 2 is 2.00 bits per heavy atom. The van der Waals surface area contributed by atoms with Gasteiger partial charge in [-0.3, -0.25) is 0 Å². The van der Waals surface area contributed by atoms with Crippen LogP contribution in [-0.2, 0) is 9.47 Å². The minimum atomic E-state index is -0.508. The minimum Gasteiger partial charge on any atom is -0.490 e. The average Bonchev–Trinajstić information content (AvgIpc) is 3.09. The van der Waals surface area contributed by atoms with Crippen LogP contribution in [0.4, 0.5) is 10.7 Å². The highest BCUT2D eigenvalue weighted by atomic mass is 16.6. The molecule has 0 aromatic carbocycles. The lowest BCUT2D eigenvalue weighted by atomic mass is 9.97. The summed E-state index contributed by atoms with van der Waals surface area (Å²) in [6, 6.07) is 0. The van der Waals surface area contributed by atoms with E-state index in [-0.39, 0.29) is 12.0 Å². The van der Waals surface area contributed by atoms with Crippen LogP contribution in [0.1, 0.15) is 41.0 Å². The van der Waals surface area contributed by atoms with Crippen LogP contribution < -0.4 is 15.0 Å². The molecular weight excluding hydrogens is 360 g/mol. The molecule has 1 N–H and O–H groups in total. The Morgan fingerprint density at radius 3 is 2.54 bits per heavy atom. The third-order valence-corrected chi connectivity index (χ3v) is 4.69. The smallest absolute Gasteiger partial charge is 0.407 e. The number of anilines is 1. The summed E-state index contributed by atoms with van der Waals surface area (Å²) in [7, 11) is 1.73. The number of nitrogens with zero attached hydrogens (tertiary/aromatic N) is 3. The van der Waals surface area contributed by atoms with Crippen LogP contribution in [0.25, 0.3) is 0 Å². The van der Waals surface area contributed by atoms with Gasteiger partial charge in [0.25, 0.3) is 0 Å². The van der Waals surface area contributed by atoms with E-state index in [4.69, 9.17) is 14.2 Å². The normalized spacial score (nSPS) is 18.2. The zero-order chi connectivity index (χ0) is 20.7. The summed E-state index contributed by atoms with van der Waals surface area (Å²) < 4.78 is 16.5. The summed E-state index contributed by atoms with van der Waals surface area (Å²) in [5, 5.41) is 2.82. The number of alkyl carbamates (subject to hydrolysis) is 1. The van der Waals surface area contributed by atoms with E-state index in [2.05, 4.69) is 34.0 Å². The molecule has 1 fully saturated rings. The Balaban J connectivity index is 1.82. The number of carbonyl (C=O) groups is 1. The van der Waals surface area contributed by atoms with Crippen LogP contribution in [0.15, 0.2) is 12.4 Å². The summed E-state index contributed by atoms with van der Waals surface area (Å²) in [4.78, 5) is 22.8. The highest BCUT2D eigenvalue weighted by molar-refractivity contribution is 5.67. The monoisotopic (exact) mass is 394 g/mol. The molecule has 8 heteroatoms. The molecule has 0 radical (unpaired) electrons. The molecule has 158 valence electrons. The van der Waals surface area contributed by atoms with E-state index in [1.807, 2.05) is 20.8 Å². The average molecular weight is 395 g/mol. The lowest BCUT2D eigenvalue weighted by molar-refractivity contribution is 0.0507. The number of aromatic nitrogens is 2. The van der Waals surface area contributed by atoms with Gasteiger partial charge in [-0.25, -0.2) is 14.8 Å². The molecule has 1 aliphatic rings. The predicted octanol–water partition coefficient (Wildman–Crippen LogP) is 2.88. The van der Waals surface area contributed by atoms with E-state index in [0.29, 0.717) is 30.8 Å². The van der Waals surface area contributed by atoms with Gasteiger partial charge in [0, 0.05) is 32.7 Å². The maximum atomic E-state index is 11.9. The van der Waals surface area contributed by atoms with E-state index < -0.39 is 11.7 Å². The topological polar surface area (TPSA) is 85.8 Å². The molecule has 1 aliphatic heterocycles. The maximum absolute atomic E-state index is 11.9. The molecule has 8 nitrogen and oxygen atoms in total. The highest BCUT2D eigenvalue weighted by Crippen LogP contribution is 2.20. The number of hydrogen-bond acceptors (Lipinski definition) is 7. The standard InChI is InChI=1S/C20H34N4O4/c1-14(2)15(9-23-19(25)28-20(3,4)5)13-27-17-10-21-18(22-11-17)24-8-7-16(12-24)26-6/h10-11,14-16H,7-9,12-13H2,1-6H3,(H,23,25). The fourth-order valence-corrected chi connectivity index (χ4v) is 2.87. The van der Waals surface area contributed by atoms with Gasteiger partial charge in [0.2, 0.25) is 5.95 Å². The van der Waals surface area contributed by atoms with Crippen molar-refractivity contribution in [3.05, 3.63) is 12.4 Å². The Labute approximate surface area is 168 Å². The molecule has 0 spiro atoms. The number of amides is 1. The molecule has 2 unspecified atom stereocenters. The SMILES string of the molecule is COC1CCN(c2ncc(OCC(CNC(=O)OC(C)(C)C)C(C)C)cn2)C1. The van der Waals surface area contributed by atoms with Crippen molar-refractivity contribution in [2.75, 3.05) is 38.3 Å². The number of methoxy groups -OCH3 is 1. The second kappa shape index (κ2) is 9.91. The first-order chi connectivity index (χ1) is 13.2. The van der Waals surface area contributed by atoms with Crippen LogP contribution >= 0.6 is 0 Å². The zero-order valence-electron chi connectivity index (χ0n) is 17.9. The van der Waals surface area contributed by atoms with Crippen molar-refractivity contribution in [2.45, 2.75) is 52.7 Å². The van der Waals surface area contributed by atoms with Gasteiger partial charge in [-0.2, -0.15) is 0 Å². The zero-order valence-corrected chi connectivity index (χ0v) is 17.9. The molecule has 2 heterocycles. The fraction of sp³-hybridized carbons (Fsp3) is 0.750. The molecular formula is C20H34N4O4. The van der Waals surface area contributed by atoms with Crippen LogP contribution in [0.5, 0.6) is 5.75 Å². The molecule has 1 aromatic rings. The molecule has 28 heavy (non-hydrogen) atoms. The molecule has 1 saturated heterocycles. The first-order valence-corrected chi connectivity index (χ1v) is 9.87. The lowest BCUT2D eigenvalue weighted by Crippen LogP contribution is -2.38. The molecule has 2 rings (SSSR count). The Kier molecular flexibility index (Phi) is 7.86. The van der Waals surface area contributed by atoms with Crippen molar-refractivity contribution in [3.8, 4) is 5.75 Å². The van der Waals surface area contributed by atoms with Crippen molar-refractivity contribution >= 4 is 12.0 Å². The van der Waals surface area contributed by atoms with E-state index in [9.17, 15) is 4.79 Å². The first-order valence-electron chi connectivity index (χ1n) is 9.87. The van der Waals surface area contributed by atoms with E-state index in [1.54, 1.807) is 19.5 Å². The van der Waals surface area contributed by atoms with E-state index in [1.165, 1.54) is 0 Å². The first kappa shape index (κ1) is 22.2. The fourth-order valence-electron chi connectivity index (χ4n) is 2.87. The van der Waals surface area contributed by atoms with Gasteiger partial charge < -0.3 is 24.4 Å². The van der Waals surface area contributed by atoms with Gasteiger partial charge in [-0.1, -0.05) is 13.8 Å². The van der Waals surface area contributed by atoms with Crippen LogP contribution in [0.3, 0.4) is 0 Å². The minimum absolute atomic E-state index is 0.147. The summed E-state index contributed by atoms with van der Waals surface area (Å²) in [6.07, 6.45) is 4.20. The number of carbonyl (C=O) groups excluding carboxylic acids is 1. The molecule has 0 saturated carbocycles. The number of nitrogens with one attached hydrogen (secondary N) is 1. The maximum Gasteiger partial charge on any atom is 0.407 e. The van der Waals surface area contributed by atoms with Gasteiger partial charge in [0.1, 0.15) is 5.60 Å². The highest BCUT2D eigenvalue weighted by Gasteiger charge is 2.24. The van der Waals surface area contributed by atoms with Gasteiger partial charge >= 0.3 is 6.09 Å². The van der Waals surface area contributed by atoms with Crippen molar-refractivity contribution in [1.29, 1.82) is 0 Å². The van der Waals surface area contributed by atoms with Crippen molar-refractivity contribution in [3.63, 3.8) is 0 Å². The van der Waals surface area contributed by atoms with Crippen molar-refractivity contribution in [1.82, 2.24) is 15.3 Å². The van der Waals surface area contributed by atoms with Gasteiger partial charge in [-0.05, 0) is 33.1 Å². The number of ether oxygens (including phenoxy) is 3. The van der Waals surface area contributed by atoms with Crippen LogP contribution in [-0.4, -0.2) is 61.1 Å². The van der Waals surface area contributed by atoms with Gasteiger partial charge in [-0.15, -0.1) is 0 Å². The molecule has 0 aliphatic carbocycles. The molecule has 1 amide bonds. The van der Waals surface area contributed by atoms with Gasteiger partial charge in [0.15, 0.2) is 5.75 Å². The quantitative estimate of drug-likeness (QED) is 0.725. The molecule has 2 atom stereocenters. The number of hydrogen-bond donors (Lipinski definition) is 1. The molecule has 0 bridgehead atoms. The lowest BCUT2D eigenvalue weighted by Gasteiger charge is -2.24. The van der Waals surface area contributed by atoms with Crippen LogP contribution in [0, 0.1) is 11.8 Å². The van der Waals surface area contributed by atoms with Crippen LogP contribution in [0.2, 0.25) is 0 Å². The Hall–Kier alpha value is -2.09. The van der Waals surface area contributed by atoms with Crippen molar-refractivity contribution in [2.24, 2.45) is 11.8 Å². The van der Waals surface area contributed by atoms with E-state index >= 15 is 0 Å². The summed E-state index contributed by atoms with van der Waals surface area (Å²) in [6.45, 7) is 12.4. The van der Waals surface area contributed by atoms with Gasteiger partial charge in [0.05, 0.1) is 25.1 Å². The summed E-state index contributed by atoms with van der Waals surface area (Å²) >= 11 is 0. The largest absolute Gasteiger partial charge is 0.490 e. The summed E-state index contributed by atoms with van der Waals surface area (Å²) in [5.74, 6) is 1.80. The third kappa shape index (κ3) is 7.14. The third-order valence-electron chi connectivity index (χ3n) is 4.69. The number of rotatable bonds is 8. The van der Waals surface area contributed by atoms with E-state index in [0.717, 1.165) is 19.5 Å². The van der Waals surface area contributed by atoms with Crippen molar-refractivity contribution < 1.29 is 19.0 Å². The second-order valence-electron chi connectivity index (χ2n) is 8.51. The predicted molar refractivity (Wildman–Crippen MR) is 108 cm³/mol. The summed E-state index contributed by atoms with van der Waals surface area (Å²) in [5.41, 5.74) is -0.508. The Bertz CT molecular complexity index is 616. The second-order valence-corrected chi connectivity index (χ2v) is 8.51. The Morgan fingerprint density at radius 1 is 1.32 bits per heavy atom. The molecule has 1 aromatic heterocycles.